The fourth-order valence-corrected chi connectivity index (χ4v) is 3.50. The van der Waals surface area contributed by atoms with Crippen LogP contribution in [0, 0.1) is 0 Å². The number of rotatable bonds is 0. The average molecular weight is 251 g/mol. The van der Waals surface area contributed by atoms with E-state index in [2.05, 4.69) is 16.5 Å². The molecule has 0 radical (unpaired) electrons. The second-order valence-electron chi connectivity index (χ2n) is 4.27. The maximum absolute atomic E-state index is 12.1. The maximum Gasteiger partial charge on any atom is 0.190 e. The summed E-state index contributed by atoms with van der Waals surface area (Å²) in [6.45, 7) is 0. The number of thiazole rings is 1. The molecule has 86 valence electrons. The van der Waals surface area contributed by atoms with E-state index in [1.165, 1.54) is 4.70 Å². The van der Waals surface area contributed by atoms with Crippen LogP contribution in [0.25, 0.3) is 25.9 Å². The Morgan fingerprint density at radius 1 is 0.889 bits per heavy atom. The number of nitrogens with zero attached hydrogens (tertiary/aromatic N) is 1. The van der Waals surface area contributed by atoms with Gasteiger partial charge in [0.25, 0.3) is 0 Å². The lowest BCUT2D eigenvalue weighted by molar-refractivity contribution is 1.33. The van der Waals surface area contributed by atoms with Crippen LogP contribution in [-0.2, 0) is 0 Å². The van der Waals surface area contributed by atoms with Crippen molar-refractivity contribution in [2.24, 2.45) is 0 Å². The summed E-state index contributed by atoms with van der Waals surface area (Å²) in [5.74, 6) is 0. The third kappa shape index (κ3) is 1.19. The number of benzene rings is 2. The highest BCUT2D eigenvalue weighted by atomic mass is 32.1. The highest BCUT2D eigenvalue weighted by Gasteiger charge is 2.08. The zero-order valence-corrected chi connectivity index (χ0v) is 10.3. The predicted octanol–water partition coefficient (Wildman–Crippen LogP) is 3.67. The Bertz CT molecular complexity index is 949. The normalized spacial score (nSPS) is 11.6. The van der Waals surface area contributed by atoms with Gasteiger partial charge in [-0.3, -0.25) is 9.20 Å². The van der Waals surface area contributed by atoms with E-state index >= 15 is 0 Å². The molecule has 0 N–H and O–H groups in total. The van der Waals surface area contributed by atoms with E-state index in [-0.39, 0.29) is 5.43 Å². The quantitative estimate of drug-likeness (QED) is 0.467. The number of aromatic nitrogens is 1. The second-order valence-corrected chi connectivity index (χ2v) is 5.33. The summed E-state index contributed by atoms with van der Waals surface area (Å²) in [7, 11) is 0. The molecule has 4 rings (SSSR count). The van der Waals surface area contributed by atoms with E-state index in [4.69, 9.17) is 0 Å². The first-order valence-corrected chi connectivity index (χ1v) is 6.58. The third-order valence-electron chi connectivity index (χ3n) is 3.21. The van der Waals surface area contributed by atoms with E-state index in [9.17, 15) is 4.79 Å². The highest BCUT2D eigenvalue weighted by Crippen LogP contribution is 2.28. The van der Waals surface area contributed by atoms with Gasteiger partial charge in [-0.05, 0) is 24.3 Å². The minimum absolute atomic E-state index is 0.0946. The molecule has 3 heteroatoms. The van der Waals surface area contributed by atoms with Crippen molar-refractivity contribution < 1.29 is 0 Å². The van der Waals surface area contributed by atoms with Gasteiger partial charge >= 0.3 is 0 Å². The Morgan fingerprint density at radius 2 is 1.61 bits per heavy atom. The summed E-state index contributed by atoms with van der Waals surface area (Å²) >= 11 is 1.65. The van der Waals surface area contributed by atoms with Gasteiger partial charge in [0.2, 0.25) is 0 Å². The first-order chi connectivity index (χ1) is 8.84. The average Bonchev–Trinajstić information content (AvgIpc) is 2.77. The van der Waals surface area contributed by atoms with Gasteiger partial charge in [-0.2, -0.15) is 0 Å². The van der Waals surface area contributed by atoms with E-state index < -0.39 is 0 Å². The van der Waals surface area contributed by atoms with Gasteiger partial charge in [0, 0.05) is 11.5 Å². The van der Waals surface area contributed by atoms with Gasteiger partial charge in [0.1, 0.15) is 4.83 Å². The van der Waals surface area contributed by atoms with Crippen LogP contribution in [0.3, 0.4) is 0 Å². The number of para-hydroxylation sites is 2. The van der Waals surface area contributed by atoms with Crippen molar-refractivity contribution >= 4 is 37.3 Å². The molecule has 2 aromatic carbocycles. The molecular formula is C15H9NOS. The smallest absolute Gasteiger partial charge is 0.190 e. The molecule has 0 amide bonds. The first kappa shape index (κ1) is 9.85. The molecule has 0 atom stereocenters. The van der Waals surface area contributed by atoms with Crippen LogP contribution in [0.15, 0.2) is 59.4 Å². The minimum Gasteiger partial charge on any atom is -0.300 e. The number of fused-ring (bicyclic) bond motifs is 5. The molecular weight excluding hydrogens is 242 g/mol. The lowest BCUT2D eigenvalue weighted by atomic mass is 10.2. The second kappa shape index (κ2) is 3.43. The molecule has 0 unspecified atom stereocenters. The lowest BCUT2D eigenvalue weighted by Crippen LogP contribution is -2.02. The summed E-state index contributed by atoms with van der Waals surface area (Å²) < 4.78 is 3.37. The number of hydrogen-bond donors (Lipinski definition) is 0. The van der Waals surface area contributed by atoms with Crippen molar-refractivity contribution in [2.75, 3.05) is 0 Å². The Labute approximate surface area is 107 Å². The van der Waals surface area contributed by atoms with Crippen molar-refractivity contribution in [1.82, 2.24) is 4.40 Å². The van der Waals surface area contributed by atoms with E-state index in [0.29, 0.717) is 0 Å². The van der Waals surface area contributed by atoms with Gasteiger partial charge in [0.05, 0.1) is 15.7 Å². The standard InChI is InChI=1S/C15H9NOS/c17-13-9-15-16(11-6-2-1-5-10(11)13)12-7-3-4-8-14(12)18-15/h1-9H. The monoisotopic (exact) mass is 251 g/mol. The van der Waals surface area contributed by atoms with Crippen LogP contribution >= 0.6 is 11.3 Å². The van der Waals surface area contributed by atoms with E-state index in [0.717, 1.165) is 21.3 Å². The molecule has 0 spiro atoms. The highest BCUT2D eigenvalue weighted by molar-refractivity contribution is 7.24. The zero-order valence-electron chi connectivity index (χ0n) is 9.46. The van der Waals surface area contributed by atoms with Crippen LogP contribution in [0.5, 0.6) is 0 Å². The van der Waals surface area contributed by atoms with Gasteiger partial charge in [0.15, 0.2) is 5.43 Å². The SMILES string of the molecule is O=c1cc2sc3ccccc3n2c2ccccc12. The predicted molar refractivity (Wildman–Crippen MR) is 76.6 cm³/mol. The molecule has 2 nitrogen and oxygen atoms in total. The van der Waals surface area contributed by atoms with E-state index in [1.807, 2.05) is 36.4 Å². The summed E-state index contributed by atoms with van der Waals surface area (Å²) in [6, 6.07) is 17.7. The fraction of sp³-hybridized carbons (Fsp3) is 0. The summed E-state index contributed by atoms with van der Waals surface area (Å²) in [5, 5.41) is 0.776. The first-order valence-electron chi connectivity index (χ1n) is 5.77. The van der Waals surface area contributed by atoms with Crippen molar-refractivity contribution in [3.63, 3.8) is 0 Å². The molecule has 2 heterocycles. The fourth-order valence-electron chi connectivity index (χ4n) is 2.41. The Balaban J connectivity index is 2.43. The van der Waals surface area contributed by atoms with Crippen LogP contribution in [-0.4, -0.2) is 4.40 Å². The molecule has 0 fully saturated rings. The summed E-state index contributed by atoms with van der Waals surface area (Å²) in [6.07, 6.45) is 0. The molecule has 2 aromatic heterocycles. The van der Waals surface area contributed by atoms with E-state index in [1.54, 1.807) is 17.4 Å². The largest absolute Gasteiger partial charge is 0.300 e. The topological polar surface area (TPSA) is 21.5 Å². The Kier molecular flexibility index (Phi) is 1.88. The van der Waals surface area contributed by atoms with Crippen LogP contribution in [0.1, 0.15) is 0 Å². The van der Waals surface area contributed by atoms with Gasteiger partial charge in [-0.1, -0.05) is 24.3 Å². The molecule has 0 saturated heterocycles. The van der Waals surface area contributed by atoms with Crippen molar-refractivity contribution in [3.8, 4) is 0 Å². The third-order valence-corrected chi connectivity index (χ3v) is 4.28. The van der Waals surface area contributed by atoms with Crippen molar-refractivity contribution in [2.45, 2.75) is 0 Å². The van der Waals surface area contributed by atoms with Gasteiger partial charge in [-0.25, -0.2) is 0 Å². The van der Waals surface area contributed by atoms with Crippen molar-refractivity contribution in [1.29, 1.82) is 0 Å². The molecule has 0 aliphatic heterocycles. The van der Waals surface area contributed by atoms with Crippen molar-refractivity contribution in [3.05, 3.63) is 64.8 Å². The molecule has 18 heavy (non-hydrogen) atoms. The Hall–Kier alpha value is -2.13. The molecule has 0 bridgehead atoms. The number of pyridine rings is 1. The van der Waals surface area contributed by atoms with Crippen LogP contribution in [0.4, 0.5) is 0 Å². The zero-order chi connectivity index (χ0) is 12.1. The van der Waals surface area contributed by atoms with Gasteiger partial charge in [-0.15, -0.1) is 11.3 Å². The minimum atomic E-state index is 0.0946. The maximum atomic E-state index is 12.1. The molecule has 0 saturated carbocycles. The molecule has 4 aromatic rings. The molecule has 0 aliphatic rings. The van der Waals surface area contributed by atoms with Crippen LogP contribution < -0.4 is 5.43 Å². The summed E-state index contributed by atoms with van der Waals surface area (Å²) in [5.41, 5.74) is 2.24. The lowest BCUT2D eigenvalue weighted by Gasteiger charge is -2.02. The van der Waals surface area contributed by atoms with Gasteiger partial charge < -0.3 is 0 Å². The summed E-state index contributed by atoms with van der Waals surface area (Å²) in [4.78, 5) is 13.1. The molecule has 0 aliphatic carbocycles. The number of hydrogen-bond acceptors (Lipinski definition) is 2. The van der Waals surface area contributed by atoms with Crippen LogP contribution in [0.2, 0.25) is 0 Å². The Morgan fingerprint density at radius 3 is 2.50 bits per heavy atom.